The predicted octanol–water partition coefficient (Wildman–Crippen LogP) is 8.53. The highest BCUT2D eigenvalue weighted by Gasteiger charge is 2.17. The van der Waals surface area contributed by atoms with Gasteiger partial charge in [0.2, 0.25) is 0 Å². The third-order valence-electron chi connectivity index (χ3n) is 6.44. The van der Waals surface area contributed by atoms with Crippen LogP contribution in [0.3, 0.4) is 0 Å². The first kappa shape index (κ1) is 17.9. The summed E-state index contributed by atoms with van der Waals surface area (Å²) in [5.41, 5.74) is 5.05. The Bertz CT molecular complexity index is 1530. The third-order valence-corrected chi connectivity index (χ3v) is 6.44. The Balaban J connectivity index is 1.53. The van der Waals surface area contributed by atoms with E-state index in [1.807, 2.05) is 6.08 Å². The molecule has 0 bridgehead atoms. The van der Waals surface area contributed by atoms with Crippen LogP contribution in [0.2, 0.25) is 0 Å². The van der Waals surface area contributed by atoms with Crippen molar-refractivity contribution in [1.82, 2.24) is 0 Å². The maximum Gasteiger partial charge on any atom is 0.0217 e. The van der Waals surface area contributed by atoms with E-state index >= 15 is 0 Å². The second-order valence-electron chi connectivity index (χ2n) is 8.26. The Labute approximate surface area is 182 Å². The fraction of sp³-hybridized carbons (Fsp3) is 0.0323. The number of hydrogen-bond acceptors (Lipinski definition) is 0. The van der Waals surface area contributed by atoms with E-state index in [4.69, 9.17) is 0 Å². The Morgan fingerprint density at radius 3 is 2.23 bits per heavy atom. The van der Waals surface area contributed by atoms with Gasteiger partial charge >= 0.3 is 0 Å². The van der Waals surface area contributed by atoms with Crippen LogP contribution in [0.15, 0.2) is 116 Å². The highest BCUT2D eigenvalue weighted by Crippen LogP contribution is 2.39. The fourth-order valence-corrected chi connectivity index (χ4v) is 4.82. The average molecular weight is 395 g/mol. The standard InChI is InChI=1S/C31H22/c1-2-21-10-12-22(13-11-21)26-15-17-27(19-26)29-9-5-8-23-14-16-28-18-24-6-3-4-7-25(24)20-30(28)31(23)29/h2-20,27H,1H2. The van der Waals surface area contributed by atoms with Gasteiger partial charge in [-0.1, -0.05) is 110 Å². The number of fused-ring (bicyclic) bond motifs is 4. The monoisotopic (exact) mass is 394 g/mol. The molecule has 0 saturated carbocycles. The molecule has 0 heteroatoms. The van der Waals surface area contributed by atoms with Gasteiger partial charge < -0.3 is 0 Å². The molecule has 0 saturated heterocycles. The Morgan fingerprint density at radius 2 is 1.42 bits per heavy atom. The lowest BCUT2D eigenvalue weighted by Gasteiger charge is -2.14. The second-order valence-corrected chi connectivity index (χ2v) is 8.26. The van der Waals surface area contributed by atoms with Crippen molar-refractivity contribution in [2.24, 2.45) is 0 Å². The van der Waals surface area contributed by atoms with Crippen LogP contribution in [0.5, 0.6) is 0 Å². The highest BCUT2D eigenvalue weighted by molar-refractivity contribution is 6.13. The van der Waals surface area contributed by atoms with Gasteiger partial charge in [0.25, 0.3) is 0 Å². The molecule has 146 valence electrons. The molecule has 6 rings (SSSR count). The van der Waals surface area contributed by atoms with Gasteiger partial charge in [0.1, 0.15) is 0 Å². The van der Waals surface area contributed by atoms with Crippen LogP contribution in [0.4, 0.5) is 0 Å². The molecule has 0 radical (unpaired) electrons. The van der Waals surface area contributed by atoms with E-state index in [-0.39, 0.29) is 5.92 Å². The molecule has 0 heterocycles. The van der Waals surface area contributed by atoms with Crippen LogP contribution in [0.25, 0.3) is 44.0 Å². The number of benzene rings is 5. The molecule has 0 N–H and O–H groups in total. The van der Waals surface area contributed by atoms with Crippen LogP contribution in [-0.4, -0.2) is 0 Å². The molecule has 1 unspecified atom stereocenters. The van der Waals surface area contributed by atoms with Gasteiger partial charge in [-0.15, -0.1) is 0 Å². The van der Waals surface area contributed by atoms with Crippen LogP contribution in [0.1, 0.15) is 22.6 Å². The van der Waals surface area contributed by atoms with E-state index in [9.17, 15) is 0 Å². The summed E-state index contributed by atoms with van der Waals surface area (Å²) < 4.78 is 0. The molecule has 0 amide bonds. The predicted molar refractivity (Wildman–Crippen MR) is 135 cm³/mol. The second kappa shape index (κ2) is 7.11. The molecule has 31 heavy (non-hydrogen) atoms. The van der Waals surface area contributed by atoms with Crippen LogP contribution in [-0.2, 0) is 0 Å². The molecular formula is C31H22. The number of allylic oxidation sites excluding steroid dienone is 4. The van der Waals surface area contributed by atoms with Gasteiger partial charge in [-0.3, -0.25) is 0 Å². The van der Waals surface area contributed by atoms with Crippen molar-refractivity contribution in [3.8, 4) is 0 Å². The molecule has 5 aromatic carbocycles. The van der Waals surface area contributed by atoms with Gasteiger partial charge in [-0.05, 0) is 66.7 Å². The molecule has 0 nitrogen and oxygen atoms in total. The first-order valence-corrected chi connectivity index (χ1v) is 10.8. The minimum atomic E-state index is 0.273. The largest absolute Gasteiger partial charge is 0.0985 e. The van der Waals surface area contributed by atoms with Gasteiger partial charge in [0.05, 0.1) is 0 Å². The topological polar surface area (TPSA) is 0 Å². The summed E-state index contributed by atoms with van der Waals surface area (Å²) in [6.45, 7) is 3.85. The molecule has 1 aliphatic rings. The number of hydrogen-bond donors (Lipinski definition) is 0. The van der Waals surface area contributed by atoms with E-state index in [2.05, 4.69) is 116 Å². The molecule has 0 aliphatic heterocycles. The zero-order valence-electron chi connectivity index (χ0n) is 17.3. The molecule has 0 aromatic heterocycles. The first-order chi connectivity index (χ1) is 15.3. The summed E-state index contributed by atoms with van der Waals surface area (Å²) in [6, 6.07) is 33.1. The van der Waals surface area contributed by atoms with E-state index in [1.54, 1.807) is 0 Å². The molecule has 5 aromatic rings. The molecule has 0 fully saturated rings. The third kappa shape index (κ3) is 3.00. The fourth-order valence-electron chi connectivity index (χ4n) is 4.82. The van der Waals surface area contributed by atoms with Crippen molar-refractivity contribution in [1.29, 1.82) is 0 Å². The van der Waals surface area contributed by atoms with Crippen LogP contribution < -0.4 is 0 Å². The first-order valence-electron chi connectivity index (χ1n) is 10.8. The molecule has 0 spiro atoms. The minimum Gasteiger partial charge on any atom is -0.0985 e. The zero-order chi connectivity index (χ0) is 20.8. The summed E-state index contributed by atoms with van der Waals surface area (Å²) in [6.07, 6.45) is 8.85. The lowest BCUT2D eigenvalue weighted by atomic mass is 9.90. The van der Waals surface area contributed by atoms with E-state index in [1.165, 1.54) is 49.0 Å². The Morgan fingerprint density at radius 1 is 0.677 bits per heavy atom. The SMILES string of the molecule is C=Cc1ccc(C2=CC(c3cccc4ccc5cc6ccccc6cc5c34)C=C2)cc1. The smallest absolute Gasteiger partial charge is 0.0217 e. The number of rotatable bonds is 3. The van der Waals surface area contributed by atoms with Gasteiger partial charge in [-0.2, -0.15) is 0 Å². The normalized spacial score (nSPS) is 15.6. The molecular weight excluding hydrogens is 372 g/mol. The lowest BCUT2D eigenvalue weighted by molar-refractivity contribution is 1.13. The minimum absolute atomic E-state index is 0.273. The van der Waals surface area contributed by atoms with E-state index in [0.717, 1.165) is 5.56 Å². The van der Waals surface area contributed by atoms with Crippen LogP contribution >= 0.6 is 0 Å². The van der Waals surface area contributed by atoms with Gasteiger partial charge in [0, 0.05) is 5.92 Å². The summed E-state index contributed by atoms with van der Waals surface area (Å²) >= 11 is 0. The summed E-state index contributed by atoms with van der Waals surface area (Å²) in [7, 11) is 0. The van der Waals surface area contributed by atoms with Crippen molar-refractivity contribution in [3.63, 3.8) is 0 Å². The van der Waals surface area contributed by atoms with E-state index in [0.29, 0.717) is 0 Å². The summed E-state index contributed by atoms with van der Waals surface area (Å²) in [5.74, 6) is 0.273. The maximum atomic E-state index is 3.85. The lowest BCUT2D eigenvalue weighted by Crippen LogP contribution is -1.92. The van der Waals surface area contributed by atoms with E-state index < -0.39 is 0 Å². The van der Waals surface area contributed by atoms with Gasteiger partial charge in [0.15, 0.2) is 0 Å². The molecule has 1 aliphatic carbocycles. The average Bonchev–Trinajstić information content (AvgIpc) is 3.32. The van der Waals surface area contributed by atoms with Gasteiger partial charge in [-0.25, -0.2) is 0 Å². The van der Waals surface area contributed by atoms with Crippen molar-refractivity contribution in [3.05, 3.63) is 132 Å². The Kier molecular flexibility index (Phi) is 4.11. The summed E-state index contributed by atoms with van der Waals surface area (Å²) in [4.78, 5) is 0. The van der Waals surface area contributed by atoms with Crippen LogP contribution in [0, 0.1) is 0 Å². The highest BCUT2D eigenvalue weighted by atomic mass is 14.2. The van der Waals surface area contributed by atoms with Crippen molar-refractivity contribution in [2.45, 2.75) is 5.92 Å². The maximum absolute atomic E-state index is 3.85. The molecule has 1 atom stereocenters. The zero-order valence-corrected chi connectivity index (χ0v) is 17.3. The summed E-state index contributed by atoms with van der Waals surface area (Å²) in [5, 5.41) is 7.86. The Hall–Kier alpha value is -3.90. The van der Waals surface area contributed by atoms with Crippen molar-refractivity contribution >= 4 is 44.0 Å². The van der Waals surface area contributed by atoms with Crippen molar-refractivity contribution < 1.29 is 0 Å². The van der Waals surface area contributed by atoms with Crippen molar-refractivity contribution in [2.75, 3.05) is 0 Å². The quantitative estimate of drug-likeness (QED) is 0.212.